The Morgan fingerprint density at radius 2 is 1.79 bits per heavy atom. The van der Waals surface area contributed by atoms with Crippen LogP contribution in [-0.2, 0) is 4.74 Å². The highest BCUT2D eigenvalue weighted by atomic mass is 35.5. The van der Waals surface area contributed by atoms with Gasteiger partial charge in [0.25, 0.3) is 0 Å². The first-order valence-corrected chi connectivity index (χ1v) is 6.16. The molecule has 0 aromatic heterocycles. The van der Waals surface area contributed by atoms with Gasteiger partial charge in [-0.1, -0.05) is 20.8 Å². The second-order valence-electron chi connectivity index (χ2n) is 3.66. The van der Waals surface area contributed by atoms with Crippen LogP contribution in [0.3, 0.4) is 0 Å². The molecular formula is C11H24ClNO. The van der Waals surface area contributed by atoms with Gasteiger partial charge in [0.15, 0.2) is 0 Å². The van der Waals surface area contributed by atoms with E-state index in [4.69, 9.17) is 16.3 Å². The van der Waals surface area contributed by atoms with Gasteiger partial charge in [0, 0.05) is 24.6 Å². The Hall–Kier alpha value is 0.210. The lowest BCUT2D eigenvalue weighted by atomic mass is 9.95. The van der Waals surface area contributed by atoms with Gasteiger partial charge in [-0.05, 0) is 19.3 Å². The van der Waals surface area contributed by atoms with Crippen molar-refractivity contribution in [2.24, 2.45) is 0 Å². The number of nitrogens with one attached hydrogen (secondary N) is 1. The fraction of sp³-hybridized carbons (Fsp3) is 1.00. The summed E-state index contributed by atoms with van der Waals surface area (Å²) in [5, 5.41) is 3.48. The van der Waals surface area contributed by atoms with Gasteiger partial charge in [-0.3, -0.25) is 0 Å². The van der Waals surface area contributed by atoms with Crippen molar-refractivity contribution in [1.82, 2.24) is 5.32 Å². The molecule has 0 fully saturated rings. The predicted molar refractivity (Wildman–Crippen MR) is 63.1 cm³/mol. The smallest absolute Gasteiger partial charge is 0.0591 e. The molecule has 0 atom stereocenters. The molecule has 0 saturated heterocycles. The standard InChI is InChI=1S/C11H24ClNO/c1-4-8-14-9-7-13-11(5-2,6-3)10-12/h13H,4-10H2,1-3H3. The quantitative estimate of drug-likeness (QED) is 0.478. The zero-order valence-corrected chi connectivity index (χ0v) is 10.5. The van der Waals surface area contributed by atoms with Gasteiger partial charge in [0.05, 0.1) is 6.61 Å². The van der Waals surface area contributed by atoms with E-state index >= 15 is 0 Å². The van der Waals surface area contributed by atoms with Crippen LogP contribution < -0.4 is 5.32 Å². The van der Waals surface area contributed by atoms with E-state index in [0.29, 0.717) is 5.88 Å². The highest BCUT2D eigenvalue weighted by Crippen LogP contribution is 2.16. The van der Waals surface area contributed by atoms with Crippen molar-refractivity contribution in [3.05, 3.63) is 0 Å². The van der Waals surface area contributed by atoms with Gasteiger partial charge in [-0.2, -0.15) is 0 Å². The van der Waals surface area contributed by atoms with E-state index in [0.717, 1.165) is 39.0 Å². The zero-order chi connectivity index (χ0) is 10.9. The minimum Gasteiger partial charge on any atom is -0.380 e. The number of hydrogen-bond acceptors (Lipinski definition) is 2. The predicted octanol–water partition coefficient (Wildman–Crippen LogP) is 2.80. The van der Waals surface area contributed by atoms with Gasteiger partial charge < -0.3 is 10.1 Å². The molecule has 0 aliphatic heterocycles. The lowest BCUT2D eigenvalue weighted by Gasteiger charge is -2.30. The van der Waals surface area contributed by atoms with Crippen LogP contribution in [0.2, 0.25) is 0 Å². The summed E-state index contributed by atoms with van der Waals surface area (Å²) < 4.78 is 5.41. The van der Waals surface area contributed by atoms with Crippen molar-refractivity contribution in [2.45, 2.75) is 45.6 Å². The van der Waals surface area contributed by atoms with Crippen molar-refractivity contribution in [3.63, 3.8) is 0 Å². The van der Waals surface area contributed by atoms with Crippen molar-refractivity contribution >= 4 is 11.6 Å². The van der Waals surface area contributed by atoms with Crippen LogP contribution in [0.15, 0.2) is 0 Å². The van der Waals surface area contributed by atoms with E-state index in [1.54, 1.807) is 0 Å². The van der Waals surface area contributed by atoms with Gasteiger partial charge in [0.2, 0.25) is 0 Å². The third-order valence-electron chi connectivity index (χ3n) is 2.70. The first-order valence-electron chi connectivity index (χ1n) is 5.63. The molecule has 86 valence electrons. The molecule has 0 unspecified atom stereocenters. The first-order chi connectivity index (χ1) is 6.74. The maximum Gasteiger partial charge on any atom is 0.0591 e. The number of hydrogen-bond donors (Lipinski definition) is 1. The van der Waals surface area contributed by atoms with Gasteiger partial charge in [0.1, 0.15) is 0 Å². The molecule has 0 radical (unpaired) electrons. The highest BCUT2D eigenvalue weighted by Gasteiger charge is 2.23. The van der Waals surface area contributed by atoms with E-state index < -0.39 is 0 Å². The monoisotopic (exact) mass is 221 g/mol. The van der Waals surface area contributed by atoms with Crippen LogP contribution in [0, 0.1) is 0 Å². The molecule has 0 aromatic carbocycles. The van der Waals surface area contributed by atoms with Crippen LogP contribution in [0.4, 0.5) is 0 Å². The van der Waals surface area contributed by atoms with Crippen LogP contribution >= 0.6 is 11.6 Å². The number of rotatable bonds is 9. The van der Waals surface area contributed by atoms with Gasteiger partial charge >= 0.3 is 0 Å². The summed E-state index contributed by atoms with van der Waals surface area (Å²) in [6.45, 7) is 9.00. The molecule has 0 aliphatic carbocycles. The molecule has 2 nitrogen and oxygen atoms in total. The van der Waals surface area contributed by atoms with E-state index in [1.165, 1.54) is 0 Å². The Balaban J connectivity index is 3.61. The Labute approximate surface area is 93.4 Å². The maximum atomic E-state index is 5.96. The zero-order valence-electron chi connectivity index (χ0n) is 9.74. The summed E-state index contributed by atoms with van der Waals surface area (Å²) in [6, 6.07) is 0. The highest BCUT2D eigenvalue weighted by molar-refractivity contribution is 6.18. The summed E-state index contributed by atoms with van der Waals surface area (Å²) in [5.74, 6) is 0.674. The largest absolute Gasteiger partial charge is 0.380 e. The summed E-state index contributed by atoms with van der Waals surface area (Å²) in [6.07, 6.45) is 3.23. The minimum atomic E-state index is 0.108. The molecule has 14 heavy (non-hydrogen) atoms. The lowest BCUT2D eigenvalue weighted by molar-refractivity contribution is 0.128. The number of alkyl halides is 1. The Bertz CT molecular complexity index is 118. The molecule has 0 heterocycles. The van der Waals surface area contributed by atoms with Crippen molar-refractivity contribution in [2.75, 3.05) is 25.6 Å². The van der Waals surface area contributed by atoms with E-state index in [2.05, 4.69) is 26.1 Å². The third-order valence-corrected chi connectivity index (χ3v) is 3.22. The molecule has 0 amide bonds. The van der Waals surface area contributed by atoms with Crippen LogP contribution in [0.5, 0.6) is 0 Å². The number of halogens is 1. The van der Waals surface area contributed by atoms with Crippen molar-refractivity contribution in [3.8, 4) is 0 Å². The molecule has 0 aromatic rings. The third kappa shape index (κ3) is 5.18. The SMILES string of the molecule is CCCOCCNC(CC)(CC)CCl. The summed E-state index contributed by atoms with van der Waals surface area (Å²) in [7, 11) is 0. The molecule has 0 aliphatic rings. The van der Waals surface area contributed by atoms with E-state index in [1.807, 2.05) is 0 Å². The minimum absolute atomic E-state index is 0.108. The molecule has 0 bridgehead atoms. The van der Waals surface area contributed by atoms with E-state index in [9.17, 15) is 0 Å². The fourth-order valence-electron chi connectivity index (χ4n) is 1.37. The normalized spacial score (nSPS) is 12.0. The lowest BCUT2D eigenvalue weighted by Crippen LogP contribution is -2.47. The van der Waals surface area contributed by atoms with Crippen LogP contribution in [-0.4, -0.2) is 31.2 Å². The van der Waals surface area contributed by atoms with Crippen molar-refractivity contribution < 1.29 is 4.74 Å². The summed E-state index contributed by atoms with van der Waals surface area (Å²) in [4.78, 5) is 0. The van der Waals surface area contributed by atoms with Crippen molar-refractivity contribution in [1.29, 1.82) is 0 Å². The molecule has 3 heteroatoms. The Morgan fingerprint density at radius 3 is 2.21 bits per heavy atom. The van der Waals surface area contributed by atoms with Gasteiger partial charge in [-0.15, -0.1) is 11.6 Å². The summed E-state index contributed by atoms with van der Waals surface area (Å²) in [5.41, 5.74) is 0.108. The van der Waals surface area contributed by atoms with Gasteiger partial charge in [-0.25, -0.2) is 0 Å². The molecule has 0 spiro atoms. The maximum absolute atomic E-state index is 5.96. The Kier molecular flexibility index (Phi) is 8.64. The molecule has 0 rings (SSSR count). The number of ether oxygens (including phenoxy) is 1. The average Bonchev–Trinajstić information content (AvgIpc) is 2.24. The van der Waals surface area contributed by atoms with Crippen LogP contribution in [0.25, 0.3) is 0 Å². The summed E-state index contributed by atoms with van der Waals surface area (Å²) >= 11 is 5.96. The molecule has 0 saturated carbocycles. The second-order valence-corrected chi connectivity index (χ2v) is 3.93. The second kappa shape index (κ2) is 8.51. The first kappa shape index (κ1) is 14.2. The molecular weight excluding hydrogens is 198 g/mol. The average molecular weight is 222 g/mol. The molecule has 1 N–H and O–H groups in total. The van der Waals surface area contributed by atoms with Crippen LogP contribution in [0.1, 0.15) is 40.0 Å². The topological polar surface area (TPSA) is 21.3 Å². The fourth-order valence-corrected chi connectivity index (χ4v) is 1.84. The van der Waals surface area contributed by atoms with E-state index in [-0.39, 0.29) is 5.54 Å². The Morgan fingerprint density at radius 1 is 1.14 bits per heavy atom.